The fourth-order valence-corrected chi connectivity index (χ4v) is 4.67. The Hall–Kier alpha value is -2.85. The van der Waals surface area contributed by atoms with Gasteiger partial charge in [-0.3, -0.25) is 14.5 Å². The minimum atomic E-state index is -4.95. The Kier molecular flexibility index (Phi) is 7.23. The second-order valence-electron chi connectivity index (χ2n) is 8.41. The number of rotatable bonds is 5. The Balaban J connectivity index is 1.82. The first-order valence-electron chi connectivity index (χ1n) is 11.1. The number of carbonyl (C=O) groups excluding carboxylic acids is 1. The zero-order chi connectivity index (χ0) is 25.3. The van der Waals surface area contributed by atoms with Gasteiger partial charge in [-0.2, -0.15) is 13.2 Å². The lowest BCUT2D eigenvalue weighted by atomic mass is 9.97. The summed E-state index contributed by atoms with van der Waals surface area (Å²) in [5.74, 6) is -2.41. The number of carbonyl (C=O) groups is 1. The Bertz CT molecular complexity index is 1300. The molecular formula is C25H23BrF3NO5. The van der Waals surface area contributed by atoms with Crippen LogP contribution in [0.2, 0.25) is 0 Å². The maximum absolute atomic E-state index is 14.1. The number of alkyl halides is 3. The average Bonchev–Trinajstić information content (AvgIpc) is 2.81. The van der Waals surface area contributed by atoms with Crippen molar-refractivity contribution in [1.82, 2.24) is 4.90 Å². The van der Waals surface area contributed by atoms with Crippen molar-refractivity contribution in [2.24, 2.45) is 5.92 Å². The van der Waals surface area contributed by atoms with Crippen molar-refractivity contribution in [3.8, 4) is 16.9 Å². The second kappa shape index (κ2) is 10.0. The standard InChI is InChI=1S/C25H23BrF3NO5/c1-2-34-24(33)15-4-3-11-30(12-15)13-18-19(31)10-9-17-21(32)20(14-5-7-16(26)8-6-14)23(25(27,28)29)35-22(17)18/h5-10,15,31H,2-4,11-13H2,1H3. The molecule has 2 heterocycles. The summed E-state index contributed by atoms with van der Waals surface area (Å²) in [7, 11) is 0. The number of fused-ring (bicyclic) bond motifs is 1. The van der Waals surface area contributed by atoms with Crippen LogP contribution in [0.4, 0.5) is 13.2 Å². The fourth-order valence-electron chi connectivity index (χ4n) is 4.41. The van der Waals surface area contributed by atoms with E-state index in [-0.39, 0.29) is 52.9 Å². The predicted molar refractivity (Wildman–Crippen MR) is 127 cm³/mol. The molecule has 0 amide bonds. The van der Waals surface area contributed by atoms with Crippen molar-refractivity contribution < 1.29 is 32.2 Å². The molecule has 0 bridgehead atoms. The first-order chi connectivity index (χ1) is 16.6. The molecule has 1 aliphatic rings. The van der Waals surface area contributed by atoms with Gasteiger partial charge in [0.05, 0.1) is 29.0 Å². The van der Waals surface area contributed by atoms with E-state index in [1.54, 1.807) is 6.92 Å². The minimum Gasteiger partial charge on any atom is -0.507 e. The lowest BCUT2D eigenvalue weighted by Gasteiger charge is -2.31. The lowest BCUT2D eigenvalue weighted by molar-refractivity contribution is -0.152. The number of phenols is 1. The van der Waals surface area contributed by atoms with Crippen molar-refractivity contribution in [2.75, 3.05) is 19.7 Å². The Labute approximate surface area is 207 Å². The lowest BCUT2D eigenvalue weighted by Crippen LogP contribution is -2.39. The predicted octanol–water partition coefficient (Wildman–Crippen LogP) is 5.72. The molecule has 0 radical (unpaired) electrons. The zero-order valence-corrected chi connectivity index (χ0v) is 20.4. The van der Waals surface area contributed by atoms with Crippen LogP contribution in [0.25, 0.3) is 22.1 Å². The van der Waals surface area contributed by atoms with E-state index in [9.17, 15) is 27.9 Å². The number of hydrogen-bond donors (Lipinski definition) is 1. The Morgan fingerprint density at radius 3 is 2.60 bits per heavy atom. The van der Waals surface area contributed by atoms with Crippen LogP contribution in [0.1, 0.15) is 31.1 Å². The SMILES string of the molecule is CCOC(=O)C1CCCN(Cc2c(O)ccc3c(=O)c(-c4ccc(Br)cc4)c(C(F)(F)F)oc23)C1. The molecule has 1 aliphatic heterocycles. The Morgan fingerprint density at radius 1 is 1.23 bits per heavy atom. The normalized spacial score (nSPS) is 17.0. The van der Waals surface area contributed by atoms with E-state index in [1.807, 2.05) is 4.90 Å². The first-order valence-corrected chi connectivity index (χ1v) is 11.9. The molecule has 0 saturated carbocycles. The van der Waals surface area contributed by atoms with Gasteiger partial charge < -0.3 is 14.3 Å². The van der Waals surface area contributed by atoms with Gasteiger partial charge in [-0.15, -0.1) is 0 Å². The van der Waals surface area contributed by atoms with Gasteiger partial charge in [0.1, 0.15) is 11.3 Å². The van der Waals surface area contributed by atoms with Crippen molar-refractivity contribution in [3.63, 3.8) is 0 Å². The molecule has 3 aromatic rings. The number of nitrogens with zero attached hydrogens (tertiary/aromatic N) is 1. The van der Waals surface area contributed by atoms with Gasteiger partial charge in [-0.05, 0) is 56.1 Å². The van der Waals surface area contributed by atoms with Gasteiger partial charge >= 0.3 is 12.1 Å². The van der Waals surface area contributed by atoms with E-state index in [0.29, 0.717) is 30.4 Å². The van der Waals surface area contributed by atoms with E-state index < -0.39 is 22.9 Å². The van der Waals surface area contributed by atoms with E-state index in [1.165, 1.54) is 36.4 Å². The van der Waals surface area contributed by atoms with Crippen molar-refractivity contribution in [3.05, 3.63) is 62.4 Å². The van der Waals surface area contributed by atoms with Gasteiger partial charge in [0.2, 0.25) is 11.2 Å². The van der Waals surface area contributed by atoms with Gasteiger partial charge in [0, 0.05) is 17.6 Å². The molecule has 4 rings (SSSR count). The molecular weight excluding hydrogens is 531 g/mol. The van der Waals surface area contributed by atoms with Crippen LogP contribution in [0.15, 0.2) is 50.1 Å². The van der Waals surface area contributed by atoms with Crippen LogP contribution in [-0.4, -0.2) is 35.7 Å². The number of aromatic hydroxyl groups is 1. The highest BCUT2D eigenvalue weighted by Gasteiger charge is 2.40. The summed E-state index contributed by atoms with van der Waals surface area (Å²) in [6, 6.07) is 8.43. The molecule has 6 nitrogen and oxygen atoms in total. The summed E-state index contributed by atoms with van der Waals surface area (Å²) in [5.41, 5.74) is -1.61. The molecule has 1 unspecified atom stereocenters. The summed E-state index contributed by atoms with van der Waals surface area (Å²) < 4.78 is 53.3. The summed E-state index contributed by atoms with van der Waals surface area (Å²) in [6.07, 6.45) is -3.63. The molecule has 2 aromatic carbocycles. The Morgan fingerprint density at radius 2 is 1.94 bits per heavy atom. The van der Waals surface area contributed by atoms with Gasteiger partial charge in [-0.1, -0.05) is 28.1 Å². The van der Waals surface area contributed by atoms with E-state index >= 15 is 0 Å². The zero-order valence-electron chi connectivity index (χ0n) is 18.8. The third kappa shape index (κ3) is 5.23. The largest absolute Gasteiger partial charge is 0.507 e. The number of benzene rings is 2. The highest BCUT2D eigenvalue weighted by Crippen LogP contribution is 2.39. The number of likely N-dealkylation sites (tertiary alicyclic amines) is 1. The van der Waals surface area contributed by atoms with Gasteiger partial charge in [-0.25, -0.2) is 0 Å². The first kappa shape index (κ1) is 25.2. The smallest absolute Gasteiger partial charge is 0.450 e. The molecule has 1 fully saturated rings. The van der Waals surface area contributed by atoms with Crippen molar-refractivity contribution in [1.29, 1.82) is 0 Å². The highest BCUT2D eigenvalue weighted by molar-refractivity contribution is 9.10. The van der Waals surface area contributed by atoms with Crippen molar-refractivity contribution in [2.45, 2.75) is 32.5 Å². The number of hydrogen-bond acceptors (Lipinski definition) is 6. The minimum absolute atomic E-state index is 0.0109. The fraction of sp³-hybridized carbons (Fsp3) is 0.360. The van der Waals surface area contributed by atoms with E-state index in [4.69, 9.17) is 9.15 Å². The van der Waals surface area contributed by atoms with Gasteiger partial charge in [0.15, 0.2) is 0 Å². The van der Waals surface area contributed by atoms with E-state index in [0.717, 1.165) is 0 Å². The number of halogens is 4. The monoisotopic (exact) mass is 553 g/mol. The molecule has 1 N–H and O–H groups in total. The third-order valence-corrected chi connectivity index (χ3v) is 6.56. The van der Waals surface area contributed by atoms with Crippen LogP contribution in [0, 0.1) is 5.92 Å². The topological polar surface area (TPSA) is 80.0 Å². The number of esters is 1. The summed E-state index contributed by atoms with van der Waals surface area (Å²) in [6.45, 7) is 2.87. The summed E-state index contributed by atoms with van der Waals surface area (Å²) in [5, 5.41) is 10.5. The third-order valence-electron chi connectivity index (χ3n) is 6.04. The molecule has 0 aliphatic carbocycles. The number of phenolic OH excluding ortho intramolecular Hbond substituents is 1. The summed E-state index contributed by atoms with van der Waals surface area (Å²) >= 11 is 3.24. The molecule has 1 saturated heterocycles. The van der Waals surface area contributed by atoms with Gasteiger partial charge in [0.25, 0.3) is 0 Å². The van der Waals surface area contributed by atoms with Crippen LogP contribution in [0.3, 0.4) is 0 Å². The molecule has 1 aromatic heterocycles. The quantitative estimate of drug-likeness (QED) is 0.407. The van der Waals surface area contributed by atoms with Crippen LogP contribution in [0.5, 0.6) is 5.75 Å². The molecule has 186 valence electrons. The maximum atomic E-state index is 14.1. The second-order valence-corrected chi connectivity index (χ2v) is 9.32. The molecule has 1 atom stereocenters. The molecule has 10 heteroatoms. The molecule has 0 spiro atoms. The van der Waals surface area contributed by atoms with Crippen LogP contribution in [-0.2, 0) is 22.3 Å². The average molecular weight is 554 g/mol. The molecule has 35 heavy (non-hydrogen) atoms. The van der Waals surface area contributed by atoms with E-state index in [2.05, 4.69) is 15.9 Å². The summed E-state index contributed by atoms with van der Waals surface area (Å²) in [4.78, 5) is 27.3. The number of ether oxygens (including phenoxy) is 1. The maximum Gasteiger partial charge on any atom is 0.450 e. The number of piperidine rings is 1. The van der Waals surface area contributed by atoms with Crippen molar-refractivity contribution >= 4 is 32.9 Å². The highest BCUT2D eigenvalue weighted by atomic mass is 79.9. The van der Waals surface area contributed by atoms with Crippen LogP contribution < -0.4 is 5.43 Å². The van der Waals surface area contributed by atoms with Crippen LogP contribution >= 0.6 is 15.9 Å².